The molecule has 0 spiro atoms. The lowest BCUT2D eigenvalue weighted by Gasteiger charge is -2.35. The van der Waals surface area contributed by atoms with Gasteiger partial charge in [-0.05, 0) is 56.9 Å². The van der Waals surface area contributed by atoms with Gasteiger partial charge in [0.1, 0.15) is 5.52 Å². The number of nitrogens with zero attached hydrogens (tertiary/aromatic N) is 5. The number of thiazole rings is 1. The molecule has 0 amide bonds. The number of piperidine rings is 1. The Morgan fingerprint density at radius 3 is 2.71 bits per heavy atom. The Balaban J connectivity index is 0.00000204. The van der Waals surface area contributed by atoms with Crippen LogP contribution in [-0.2, 0) is 0 Å². The van der Waals surface area contributed by atoms with E-state index in [1.807, 2.05) is 31.3 Å². The summed E-state index contributed by atoms with van der Waals surface area (Å²) in [7, 11) is 2.10. The lowest BCUT2D eigenvalue weighted by atomic mass is 9.99. The molecule has 2 aliphatic rings. The van der Waals surface area contributed by atoms with Crippen molar-refractivity contribution in [2.45, 2.75) is 50.7 Å². The first kappa shape index (κ1) is 20.6. The van der Waals surface area contributed by atoms with Crippen LogP contribution in [0, 0.1) is 12.7 Å². The Morgan fingerprint density at radius 1 is 1.16 bits per heavy atom. The molecule has 2 saturated heterocycles. The minimum Gasteiger partial charge on any atom is -0.348 e. The third kappa shape index (κ3) is 3.56. The van der Waals surface area contributed by atoms with Crippen molar-refractivity contribution in [3.8, 4) is 11.3 Å². The molecule has 6 nitrogen and oxygen atoms in total. The monoisotopic (exact) mass is 458 g/mol. The Labute approximate surface area is 189 Å². The van der Waals surface area contributed by atoms with Gasteiger partial charge >= 0.3 is 0 Å². The maximum Gasteiger partial charge on any atom is 0.186 e. The van der Waals surface area contributed by atoms with Crippen molar-refractivity contribution < 1.29 is 4.39 Å². The van der Waals surface area contributed by atoms with Crippen molar-refractivity contribution in [1.82, 2.24) is 24.9 Å². The van der Waals surface area contributed by atoms with E-state index < -0.39 is 0 Å². The van der Waals surface area contributed by atoms with Crippen LogP contribution in [0.5, 0.6) is 0 Å². The fourth-order valence-corrected chi connectivity index (χ4v) is 5.98. The van der Waals surface area contributed by atoms with E-state index in [1.165, 1.54) is 18.9 Å². The van der Waals surface area contributed by atoms with Crippen LogP contribution in [0.2, 0.25) is 0 Å². The summed E-state index contributed by atoms with van der Waals surface area (Å²) in [5, 5.41) is 9.18. The summed E-state index contributed by atoms with van der Waals surface area (Å²) in [6.07, 6.45) is 6.66. The van der Waals surface area contributed by atoms with Crippen LogP contribution < -0.4 is 10.2 Å². The highest BCUT2D eigenvalue weighted by molar-refractivity contribution is 7.22. The summed E-state index contributed by atoms with van der Waals surface area (Å²) < 4.78 is 17.6. The van der Waals surface area contributed by atoms with Gasteiger partial charge in [0.15, 0.2) is 16.6 Å². The van der Waals surface area contributed by atoms with Gasteiger partial charge in [0.25, 0.3) is 0 Å². The van der Waals surface area contributed by atoms with Crippen LogP contribution in [0.1, 0.15) is 31.4 Å². The average molecular weight is 459 g/mol. The summed E-state index contributed by atoms with van der Waals surface area (Å²) in [5.74, 6) is -0.299. The third-order valence-electron chi connectivity index (χ3n) is 6.47. The second-order valence-electron chi connectivity index (χ2n) is 8.58. The Bertz CT molecular complexity index is 1260. The number of anilines is 1. The molecule has 2 aliphatic heterocycles. The number of nitrogens with one attached hydrogen (secondary N) is 1. The van der Waals surface area contributed by atoms with Crippen LogP contribution in [0.15, 0.2) is 30.5 Å². The second kappa shape index (κ2) is 7.69. The largest absolute Gasteiger partial charge is 0.348 e. The molecule has 2 bridgehead atoms. The van der Waals surface area contributed by atoms with Gasteiger partial charge in [0, 0.05) is 30.7 Å². The minimum atomic E-state index is -0.299. The fourth-order valence-electron chi connectivity index (χ4n) is 4.93. The number of hydrogen-bond acceptors (Lipinski definition) is 6. The minimum absolute atomic E-state index is 0. The van der Waals surface area contributed by atoms with E-state index in [4.69, 9.17) is 0 Å². The lowest BCUT2D eigenvalue weighted by molar-refractivity contribution is 0.354. The maximum atomic E-state index is 15.0. The van der Waals surface area contributed by atoms with Crippen molar-refractivity contribution >= 4 is 44.7 Å². The van der Waals surface area contributed by atoms with Crippen LogP contribution in [-0.4, -0.2) is 44.8 Å². The molecule has 3 aromatic heterocycles. The molecule has 0 saturated carbocycles. The van der Waals surface area contributed by atoms with Gasteiger partial charge in [-0.1, -0.05) is 11.3 Å². The first-order chi connectivity index (χ1) is 14.5. The molecule has 162 valence electrons. The number of aryl methyl sites for hydroxylation is 1. The van der Waals surface area contributed by atoms with Crippen LogP contribution >= 0.6 is 23.7 Å². The van der Waals surface area contributed by atoms with Crippen molar-refractivity contribution in [1.29, 1.82) is 0 Å². The topological polar surface area (TPSA) is 58.4 Å². The highest BCUT2D eigenvalue weighted by Gasteiger charge is 2.35. The van der Waals surface area contributed by atoms with E-state index in [1.54, 1.807) is 15.9 Å². The number of fused-ring (bicyclic) bond motifs is 4. The lowest BCUT2D eigenvalue weighted by Crippen LogP contribution is -2.47. The van der Waals surface area contributed by atoms with Crippen LogP contribution in [0.25, 0.3) is 27.1 Å². The van der Waals surface area contributed by atoms with Gasteiger partial charge < -0.3 is 10.2 Å². The zero-order chi connectivity index (χ0) is 20.4. The van der Waals surface area contributed by atoms with Crippen molar-refractivity contribution in [2.75, 3.05) is 11.9 Å². The maximum absolute atomic E-state index is 15.0. The molecule has 5 heterocycles. The number of halogens is 2. The van der Waals surface area contributed by atoms with E-state index in [0.29, 0.717) is 23.6 Å². The molecule has 3 atom stereocenters. The van der Waals surface area contributed by atoms with Crippen LogP contribution in [0.3, 0.4) is 0 Å². The molecule has 0 radical (unpaired) electrons. The van der Waals surface area contributed by atoms with Gasteiger partial charge in [-0.25, -0.2) is 18.9 Å². The number of benzene rings is 1. The van der Waals surface area contributed by atoms with E-state index in [9.17, 15) is 4.39 Å². The average Bonchev–Trinajstić information content (AvgIpc) is 3.42. The molecule has 1 unspecified atom stereocenters. The zero-order valence-electron chi connectivity index (χ0n) is 17.4. The zero-order valence-corrected chi connectivity index (χ0v) is 19.0. The highest BCUT2D eigenvalue weighted by Crippen LogP contribution is 2.37. The quantitative estimate of drug-likeness (QED) is 0.486. The van der Waals surface area contributed by atoms with Crippen LogP contribution in [0.4, 0.5) is 9.52 Å². The first-order valence-electron chi connectivity index (χ1n) is 10.5. The van der Waals surface area contributed by atoms with Gasteiger partial charge in [0.05, 0.1) is 22.3 Å². The summed E-state index contributed by atoms with van der Waals surface area (Å²) in [6, 6.07) is 9.02. The highest BCUT2D eigenvalue weighted by atomic mass is 35.5. The number of rotatable bonds is 3. The molecule has 6 rings (SSSR count). The molecule has 1 N–H and O–H groups in total. The SMILES string of the molecule is Cc1cn2nc(-c3cc(F)c4nc(N(C)C5C[C@H]6CC[C@@H](C5)N6)sc4c3)ccc2n1.Cl. The van der Waals surface area contributed by atoms with Crippen molar-refractivity contribution in [3.05, 3.63) is 42.0 Å². The summed E-state index contributed by atoms with van der Waals surface area (Å²) in [6.45, 7) is 1.93. The van der Waals surface area contributed by atoms with E-state index in [-0.39, 0.29) is 18.2 Å². The number of aromatic nitrogens is 4. The standard InChI is InChI=1S/C22H23FN6S.ClH/c1-12-11-29-20(24-12)6-5-18(27-29)13-7-17(23)21-19(8-13)30-22(26-21)28(2)16-9-14-3-4-15(10-16)25-14;/h5-8,11,14-16,25H,3-4,9-10H2,1-2H3;1H/t14-,15+,16?;. The van der Waals surface area contributed by atoms with Gasteiger partial charge in [-0.3, -0.25) is 0 Å². The van der Waals surface area contributed by atoms with E-state index in [2.05, 4.69) is 32.3 Å². The fraction of sp³-hybridized carbons (Fsp3) is 0.409. The number of hydrogen-bond donors (Lipinski definition) is 1. The molecule has 2 fully saturated rings. The normalized spacial score (nSPS) is 22.7. The Hall–Kier alpha value is -2.29. The molecular weight excluding hydrogens is 435 g/mol. The predicted octanol–water partition coefficient (Wildman–Crippen LogP) is 4.59. The second-order valence-corrected chi connectivity index (χ2v) is 9.59. The van der Waals surface area contributed by atoms with Crippen molar-refractivity contribution in [2.24, 2.45) is 0 Å². The number of imidazole rings is 1. The Kier molecular flexibility index (Phi) is 5.11. The molecule has 9 heteroatoms. The molecule has 0 aliphatic carbocycles. The summed E-state index contributed by atoms with van der Waals surface area (Å²) >= 11 is 1.56. The first-order valence-corrected chi connectivity index (χ1v) is 11.3. The van der Waals surface area contributed by atoms with Gasteiger partial charge in [-0.15, -0.1) is 12.4 Å². The van der Waals surface area contributed by atoms with E-state index in [0.717, 1.165) is 45.3 Å². The predicted molar refractivity (Wildman–Crippen MR) is 125 cm³/mol. The van der Waals surface area contributed by atoms with Crippen molar-refractivity contribution in [3.63, 3.8) is 0 Å². The Morgan fingerprint density at radius 2 is 1.94 bits per heavy atom. The van der Waals surface area contributed by atoms with Gasteiger partial charge in [0.2, 0.25) is 0 Å². The molecule has 31 heavy (non-hydrogen) atoms. The summed E-state index contributed by atoms with van der Waals surface area (Å²) in [5.41, 5.74) is 3.62. The molecule has 1 aromatic carbocycles. The molecule has 4 aromatic rings. The summed E-state index contributed by atoms with van der Waals surface area (Å²) in [4.78, 5) is 11.3. The molecular formula is C22H24ClFN6S. The third-order valence-corrected chi connectivity index (χ3v) is 7.56. The van der Waals surface area contributed by atoms with E-state index >= 15 is 0 Å². The smallest absolute Gasteiger partial charge is 0.186 e. The van der Waals surface area contributed by atoms with Gasteiger partial charge in [-0.2, -0.15) is 5.10 Å².